The van der Waals surface area contributed by atoms with E-state index in [1.807, 2.05) is 6.92 Å². The van der Waals surface area contributed by atoms with Crippen LogP contribution in [0.15, 0.2) is 0 Å². The molecule has 1 rings (SSSR count). The Bertz CT molecular complexity index is 299. The second-order valence-corrected chi connectivity index (χ2v) is 3.21. The molecule has 1 heterocycles. The average Bonchev–Trinajstić information content (AvgIpc) is 2.46. The lowest BCUT2D eigenvalue weighted by Crippen LogP contribution is -2.26. The van der Waals surface area contributed by atoms with Gasteiger partial charge in [-0.1, -0.05) is 0 Å². The molecule has 0 fully saturated rings. The fourth-order valence-corrected chi connectivity index (χ4v) is 1.28. The van der Waals surface area contributed by atoms with Crippen LogP contribution in [0.3, 0.4) is 0 Å². The number of amides is 1. The van der Waals surface area contributed by atoms with Gasteiger partial charge in [0.05, 0.1) is 11.3 Å². The zero-order valence-corrected chi connectivity index (χ0v) is 8.55. The van der Waals surface area contributed by atoms with Gasteiger partial charge in [-0.3, -0.25) is 9.89 Å². The van der Waals surface area contributed by atoms with Gasteiger partial charge in [0.25, 0.3) is 5.91 Å². The first-order chi connectivity index (χ1) is 6.66. The van der Waals surface area contributed by atoms with Gasteiger partial charge in [-0.05, 0) is 26.8 Å². The quantitative estimate of drug-likeness (QED) is 0.597. The molecule has 0 atom stereocenters. The van der Waals surface area contributed by atoms with E-state index >= 15 is 0 Å². The smallest absolute Gasteiger partial charge is 0.255 e. The standard InChI is InChI=1S/C9H16N4O/c1-6-8(7(2)13-12-6)9(14)11-5-3-4-10/h3-5,10H2,1-2H3,(H,11,14)(H,12,13). The van der Waals surface area contributed by atoms with Crippen LogP contribution in [0.25, 0.3) is 0 Å². The Kier molecular flexibility index (Phi) is 3.64. The number of nitrogens with zero attached hydrogens (tertiary/aromatic N) is 1. The van der Waals surface area contributed by atoms with E-state index in [1.54, 1.807) is 6.92 Å². The molecule has 4 N–H and O–H groups in total. The fraction of sp³-hybridized carbons (Fsp3) is 0.556. The summed E-state index contributed by atoms with van der Waals surface area (Å²) < 4.78 is 0. The summed E-state index contributed by atoms with van der Waals surface area (Å²) in [5, 5.41) is 9.52. The summed E-state index contributed by atoms with van der Waals surface area (Å²) in [6.45, 7) is 4.84. The minimum absolute atomic E-state index is 0.0813. The minimum Gasteiger partial charge on any atom is -0.352 e. The minimum atomic E-state index is -0.0813. The molecule has 0 aliphatic rings. The van der Waals surface area contributed by atoms with E-state index in [9.17, 15) is 4.79 Å². The van der Waals surface area contributed by atoms with Crippen molar-refractivity contribution in [3.63, 3.8) is 0 Å². The Hall–Kier alpha value is -1.36. The van der Waals surface area contributed by atoms with Crippen molar-refractivity contribution in [1.29, 1.82) is 0 Å². The molecule has 0 aliphatic carbocycles. The van der Waals surface area contributed by atoms with Crippen LogP contribution >= 0.6 is 0 Å². The fourth-order valence-electron chi connectivity index (χ4n) is 1.28. The molecule has 0 saturated heterocycles. The van der Waals surface area contributed by atoms with Gasteiger partial charge < -0.3 is 11.1 Å². The second-order valence-electron chi connectivity index (χ2n) is 3.21. The molecule has 0 radical (unpaired) electrons. The van der Waals surface area contributed by atoms with Crippen molar-refractivity contribution < 1.29 is 4.79 Å². The normalized spacial score (nSPS) is 10.2. The SMILES string of the molecule is Cc1n[nH]c(C)c1C(=O)NCCCN. The van der Waals surface area contributed by atoms with E-state index in [0.29, 0.717) is 18.7 Å². The second kappa shape index (κ2) is 4.76. The summed E-state index contributed by atoms with van der Waals surface area (Å²) in [4.78, 5) is 11.6. The summed E-state index contributed by atoms with van der Waals surface area (Å²) in [7, 11) is 0. The van der Waals surface area contributed by atoms with Crippen LogP contribution < -0.4 is 11.1 Å². The predicted molar refractivity (Wildman–Crippen MR) is 54.1 cm³/mol. The van der Waals surface area contributed by atoms with Gasteiger partial charge in [0, 0.05) is 12.2 Å². The maximum atomic E-state index is 11.6. The summed E-state index contributed by atoms with van der Waals surface area (Å²) >= 11 is 0. The van der Waals surface area contributed by atoms with Crippen LogP contribution in [0.4, 0.5) is 0 Å². The van der Waals surface area contributed by atoms with Crippen LogP contribution in [0.1, 0.15) is 28.2 Å². The number of carbonyl (C=O) groups is 1. The van der Waals surface area contributed by atoms with Crippen LogP contribution in [-0.2, 0) is 0 Å². The molecule has 14 heavy (non-hydrogen) atoms. The molecule has 0 spiro atoms. The van der Waals surface area contributed by atoms with Crippen molar-refractivity contribution in [1.82, 2.24) is 15.5 Å². The molecule has 0 unspecified atom stereocenters. The first kappa shape index (κ1) is 10.7. The summed E-state index contributed by atoms with van der Waals surface area (Å²) in [5.74, 6) is -0.0813. The molecule has 0 aliphatic heterocycles. The first-order valence-electron chi connectivity index (χ1n) is 4.66. The van der Waals surface area contributed by atoms with Gasteiger partial charge in [0.1, 0.15) is 0 Å². The molecular formula is C9H16N4O. The van der Waals surface area contributed by atoms with Gasteiger partial charge >= 0.3 is 0 Å². The van der Waals surface area contributed by atoms with Crippen LogP contribution in [0.2, 0.25) is 0 Å². The molecule has 0 aromatic carbocycles. The number of nitrogens with one attached hydrogen (secondary N) is 2. The van der Waals surface area contributed by atoms with Crippen molar-refractivity contribution in [2.75, 3.05) is 13.1 Å². The number of carbonyl (C=O) groups excluding carboxylic acids is 1. The highest BCUT2D eigenvalue weighted by molar-refractivity contribution is 5.96. The number of nitrogens with two attached hydrogens (primary N) is 1. The highest BCUT2D eigenvalue weighted by atomic mass is 16.1. The summed E-state index contributed by atoms with van der Waals surface area (Å²) in [6.07, 6.45) is 0.793. The molecular weight excluding hydrogens is 180 g/mol. The summed E-state index contributed by atoms with van der Waals surface area (Å²) in [5.41, 5.74) is 7.49. The van der Waals surface area contributed by atoms with Crippen molar-refractivity contribution in [2.45, 2.75) is 20.3 Å². The van der Waals surface area contributed by atoms with E-state index in [2.05, 4.69) is 15.5 Å². The number of H-pyrrole nitrogens is 1. The van der Waals surface area contributed by atoms with Gasteiger partial charge in [0.2, 0.25) is 0 Å². The Morgan fingerprint density at radius 2 is 2.29 bits per heavy atom. The highest BCUT2D eigenvalue weighted by Crippen LogP contribution is 2.08. The van der Waals surface area contributed by atoms with Crippen LogP contribution in [-0.4, -0.2) is 29.2 Å². The molecule has 1 aromatic heterocycles. The van der Waals surface area contributed by atoms with Gasteiger partial charge in [-0.2, -0.15) is 5.10 Å². The molecule has 5 nitrogen and oxygen atoms in total. The van der Waals surface area contributed by atoms with Gasteiger partial charge in [0.15, 0.2) is 0 Å². The number of aromatic nitrogens is 2. The summed E-state index contributed by atoms with van der Waals surface area (Å²) in [6, 6.07) is 0. The Labute approximate surface area is 83.1 Å². The Morgan fingerprint density at radius 3 is 2.79 bits per heavy atom. The molecule has 78 valence electrons. The average molecular weight is 196 g/mol. The monoisotopic (exact) mass is 196 g/mol. The largest absolute Gasteiger partial charge is 0.352 e. The molecule has 0 bridgehead atoms. The third-order valence-electron chi connectivity index (χ3n) is 2.02. The zero-order chi connectivity index (χ0) is 10.6. The Balaban J connectivity index is 2.60. The molecule has 0 saturated carbocycles. The van der Waals surface area contributed by atoms with E-state index < -0.39 is 0 Å². The molecule has 5 heteroatoms. The van der Waals surface area contributed by atoms with Crippen LogP contribution in [0.5, 0.6) is 0 Å². The van der Waals surface area contributed by atoms with Crippen molar-refractivity contribution in [3.05, 3.63) is 17.0 Å². The molecule has 1 aromatic rings. The Morgan fingerprint density at radius 1 is 1.57 bits per heavy atom. The lowest BCUT2D eigenvalue weighted by atomic mass is 10.2. The number of aromatic amines is 1. The first-order valence-corrected chi connectivity index (χ1v) is 4.66. The van der Waals surface area contributed by atoms with Crippen molar-refractivity contribution in [3.8, 4) is 0 Å². The van der Waals surface area contributed by atoms with Gasteiger partial charge in [-0.15, -0.1) is 0 Å². The lowest BCUT2D eigenvalue weighted by Gasteiger charge is -2.03. The topological polar surface area (TPSA) is 83.8 Å². The zero-order valence-electron chi connectivity index (χ0n) is 8.55. The number of hydrogen-bond donors (Lipinski definition) is 3. The highest BCUT2D eigenvalue weighted by Gasteiger charge is 2.13. The lowest BCUT2D eigenvalue weighted by molar-refractivity contribution is 0.0952. The number of aryl methyl sites for hydroxylation is 2. The maximum Gasteiger partial charge on any atom is 0.255 e. The van der Waals surface area contributed by atoms with E-state index in [-0.39, 0.29) is 5.91 Å². The number of rotatable bonds is 4. The maximum absolute atomic E-state index is 11.6. The van der Waals surface area contributed by atoms with E-state index in [0.717, 1.165) is 17.8 Å². The third kappa shape index (κ3) is 2.32. The van der Waals surface area contributed by atoms with Crippen molar-refractivity contribution in [2.24, 2.45) is 5.73 Å². The van der Waals surface area contributed by atoms with E-state index in [1.165, 1.54) is 0 Å². The van der Waals surface area contributed by atoms with Crippen molar-refractivity contribution >= 4 is 5.91 Å². The van der Waals surface area contributed by atoms with E-state index in [4.69, 9.17) is 5.73 Å². The van der Waals surface area contributed by atoms with Gasteiger partial charge in [-0.25, -0.2) is 0 Å². The molecule has 1 amide bonds. The third-order valence-corrected chi connectivity index (χ3v) is 2.02. The van der Waals surface area contributed by atoms with Crippen LogP contribution in [0, 0.1) is 13.8 Å². The predicted octanol–water partition coefficient (Wildman–Crippen LogP) is 0.105. The number of hydrogen-bond acceptors (Lipinski definition) is 3.